The van der Waals surface area contributed by atoms with Crippen LogP contribution in [0.1, 0.15) is 36.6 Å². The Bertz CT molecular complexity index is 761. The Morgan fingerprint density at radius 3 is 2.56 bits per heavy atom. The highest BCUT2D eigenvalue weighted by Crippen LogP contribution is 2.23. The van der Waals surface area contributed by atoms with E-state index in [1.165, 1.54) is 12.1 Å². The van der Waals surface area contributed by atoms with Crippen molar-refractivity contribution in [3.63, 3.8) is 0 Å². The molecule has 0 heterocycles. The van der Waals surface area contributed by atoms with Crippen LogP contribution in [-0.4, -0.2) is 24.4 Å². The lowest BCUT2D eigenvalue weighted by Crippen LogP contribution is -2.32. The first-order valence-corrected chi connectivity index (χ1v) is 8.37. The van der Waals surface area contributed by atoms with E-state index in [9.17, 15) is 13.6 Å². The number of likely N-dealkylation sites (N-methyl/N-ethyl adjacent to an activating group) is 1. The number of amides is 1. The first-order chi connectivity index (χ1) is 11.8. The van der Waals surface area contributed by atoms with Crippen molar-refractivity contribution < 1.29 is 13.6 Å². The fourth-order valence-electron chi connectivity index (χ4n) is 2.77. The van der Waals surface area contributed by atoms with Gasteiger partial charge in [0.05, 0.1) is 6.54 Å². The lowest BCUT2D eigenvalue weighted by Gasteiger charge is -2.25. The summed E-state index contributed by atoms with van der Waals surface area (Å²) >= 11 is 0. The average molecular weight is 346 g/mol. The van der Waals surface area contributed by atoms with Crippen LogP contribution in [0.2, 0.25) is 0 Å². The summed E-state index contributed by atoms with van der Waals surface area (Å²) in [5, 5.41) is 2.97. The van der Waals surface area contributed by atoms with Gasteiger partial charge in [0.15, 0.2) is 11.6 Å². The fraction of sp³-hybridized carbons (Fsp3) is 0.350. The number of nitrogens with one attached hydrogen (secondary N) is 1. The SMILES string of the molecule is CCc1cccc(C)c1NC(=O)CN(C)C(C)c1ccc(F)c(F)c1. The largest absolute Gasteiger partial charge is 0.324 e. The average Bonchev–Trinajstić information content (AvgIpc) is 2.58. The molecule has 0 saturated carbocycles. The molecule has 0 aliphatic heterocycles. The van der Waals surface area contributed by atoms with Crippen LogP contribution in [0.5, 0.6) is 0 Å². The Labute approximate surface area is 147 Å². The van der Waals surface area contributed by atoms with Crippen LogP contribution in [0, 0.1) is 18.6 Å². The third kappa shape index (κ3) is 4.63. The molecule has 2 rings (SSSR count). The van der Waals surface area contributed by atoms with Gasteiger partial charge >= 0.3 is 0 Å². The van der Waals surface area contributed by atoms with Crippen molar-refractivity contribution in [3.8, 4) is 0 Å². The second-order valence-corrected chi connectivity index (χ2v) is 6.28. The second-order valence-electron chi connectivity index (χ2n) is 6.28. The topological polar surface area (TPSA) is 32.3 Å². The number of nitrogens with zero attached hydrogens (tertiary/aromatic N) is 1. The van der Waals surface area contributed by atoms with Gasteiger partial charge < -0.3 is 5.32 Å². The predicted molar refractivity (Wildman–Crippen MR) is 96.6 cm³/mol. The third-order valence-electron chi connectivity index (χ3n) is 4.48. The van der Waals surface area contributed by atoms with Gasteiger partial charge in [0, 0.05) is 11.7 Å². The number of anilines is 1. The number of hydrogen-bond acceptors (Lipinski definition) is 2. The maximum Gasteiger partial charge on any atom is 0.238 e. The first-order valence-electron chi connectivity index (χ1n) is 8.37. The minimum Gasteiger partial charge on any atom is -0.324 e. The Balaban J connectivity index is 2.06. The Morgan fingerprint density at radius 2 is 1.92 bits per heavy atom. The zero-order valence-corrected chi connectivity index (χ0v) is 15.1. The van der Waals surface area contributed by atoms with Gasteiger partial charge in [-0.1, -0.05) is 31.2 Å². The lowest BCUT2D eigenvalue weighted by atomic mass is 10.1. The predicted octanol–water partition coefficient (Wildman–Crippen LogP) is 4.47. The van der Waals surface area contributed by atoms with E-state index in [2.05, 4.69) is 5.32 Å². The summed E-state index contributed by atoms with van der Waals surface area (Å²) in [4.78, 5) is 14.2. The van der Waals surface area contributed by atoms with Gasteiger partial charge in [0.1, 0.15) is 0 Å². The van der Waals surface area contributed by atoms with Crippen molar-refractivity contribution in [3.05, 3.63) is 64.7 Å². The molecule has 2 aromatic carbocycles. The molecule has 0 fully saturated rings. The highest BCUT2D eigenvalue weighted by atomic mass is 19.2. The van der Waals surface area contributed by atoms with Gasteiger partial charge in [-0.25, -0.2) is 8.78 Å². The van der Waals surface area contributed by atoms with Crippen molar-refractivity contribution in [2.24, 2.45) is 0 Å². The number of halogens is 2. The molecule has 25 heavy (non-hydrogen) atoms. The van der Waals surface area contributed by atoms with Gasteiger partial charge in [0.25, 0.3) is 0 Å². The highest BCUT2D eigenvalue weighted by Gasteiger charge is 2.17. The number of carbonyl (C=O) groups excluding carboxylic acids is 1. The smallest absolute Gasteiger partial charge is 0.238 e. The summed E-state index contributed by atoms with van der Waals surface area (Å²) in [7, 11) is 1.78. The minimum absolute atomic E-state index is 0.138. The van der Waals surface area contributed by atoms with Crippen LogP contribution in [0.4, 0.5) is 14.5 Å². The molecule has 0 radical (unpaired) electrons. The normalized spacial score (nSPS) is 12.3. The van der Waals surface area contributed by atoms with Crippen LogP contribution in [0.3, 0.4) is 0 Å². The van der Waals surface area contributed by atoms with E-state index in [0.717, 1.165) is 29.3 Å². The van der Waals surface area contributed by atoms with Crippen molar-refractivity contribution >= 4 is 11.6 Å². The molecular weight excluding hydrogens is 322 g/mol. The van der Waals surface area contributed by atoms with Gasteiger partial charge in [-0.2, -0.15) is 0 Å². The number of rotatable bonds is 6. The molecule has 3 nitrogen and oxygen atoms in total. The van der Waals surface area contributed by atoms with Crippen LogP contribution in [-0.2, 0) is 11.2 Å². The van der Waals surface area contributed by atoms with E-state index >= 15 is 0 Å². The first kappa shape index (κ1) is 19.1. The summed E-state index contributed by atoms with van der Waals surface area (Å²) in [6.07, 6.45) is 0.832. The highest BCUT2D eigenvalue weighted by molar-refractivity contribution is 5.93. The fourth-order valence-corrected chi connectivity index (χ4v) is 2.77. The quantitative estimate of drug-likeness (QED) is 0.837. The maximum atomic E-state index is 13.4. The molecule has 0 spiro atoms. The number of hydrogen-bond donors (Lipinski definition) is 1. The van der Waals surface area contributed by atoms with E-state index < -0.39 is 11.6 Å². The van der Waals surface area contributed by atoms with E-state index in [4.69, 9.17) is 0 Å². The monoisotopic (exact) mass is 346 g/mol. The molecule has 0 saturated heterocycles. The summed E-state index contributed by atoms with van der Waals surface area (Å²) in [6.45, 7) is 6.01. The minimum atomic E-state index is -0.880. The standard InChI is InChI=1S/C20H24F2N2O/c1-5-15-8-6-7-13(2)20(15)23-19(25)12-24(4)14(3)16-9-10-17(21)18(22)11-16/h6-11,14H,5,12H2,1-4H3,(H,23,25). The van der Waals surface area contributed by atoms with E-state index in [1.807, 2.05) is 39.0 Å². The van der Waals surface area contributed by atoms with Crippen molar-refractivity contribution in [1.29, 1.82) is 0 Å². The van der Waals surface area contributed by atoms with Crippen LogP contribution < -0.4 is 5.32 Å². The number of carbonyl (C=O) groups is 1. The van der Waals surface area contributed by atoms with Crippen LogP contribution in [0.25, 0.3) is 0 Å². The lowest BCUT2D eigenvalue weighted by molar-refractivity contribution is -0.117. The molecule has 1 unspecified atom stereocenters. The summed E-state index contributed by atoms with van der Waals surface area (Å²) in [6, 6.07) is 9.53. The van der Waals surface area contributed by atoms with Crippen LogP contribution in [0.15, 0.2) is 36.4 Å². The number of benzene rings is 2. The summed E-state index contributed by atoms with van der Waals surface area (Å²) in [5.74, 6) is -1.89. The van der Waals surface area contributed by atoms with E-state index in [-0.39, 0.29) is 18.5 Å². The Kier molecular flexibility index (Phi) is 6.26. The number of para-hydroxylation sites is 1. The zero-order chi connectivity index (χ0) is 18.6. The molecule has 0 bridgehead atoms. The summed E-state index contributed by atoms with van der Waals surface area (Å²) < 4.78 is 26.5. The van der Waals surface area contributed by atoms with Crippen molar-refractivity contribution in [1.82, 2.24) is 4.90 Å². The Hall–Kier alpha value is -2.27. The molecule has 0 aromatic heterocycles. The van der Waals surface area contributed by atoms with Gasteiger partial charge in [-0.15, -0.1) is 0 Å². The molecule has 0 aliphatic rings. The molecule has 134 valence electrons. The molecular formula is C20H24F2N2O. The van der Waals surface area contributed by atoms with Crippen LogP contribution >= 0.6 is 0 Å². The molecule has 5 heteroatoms. The van der Waals surface area contributed by atoms with Gasteiger partial charge in [0.2, 0.25) is 5.91 Å². The molecule has 2 aromatic rings. The third-order valence-corrected chi connectivity index (χ3v) is 4.48. The summed E-state index contributed by atoms with van der Waals surface area (Å²) in [5.41, 5.74) is 3.58. The molecule has 1 atom stereocenters. The maximum absolute atomic E-state index is 13.4. The Morgan fingerprint density at radius 1 is 1.20 bits per heavy atom. The zero-order valence-electron chi connectivity index (χ0n) is 15.1. The van der Waals surface area contributed by atoms with Crippen molar-refractivity contribution in [2.45, 2.75) is 33.2 Å². The van der Waals surface area contributed by atoms with E-state index in [1.54, 1.807) is 11.9 Å². The molecule has 0 aliphatic carbocycles. The van der Waals surface area contributed by atoms with Gasteiger partial charge in [-0.3, -0.25) is 9.69 Å². The van der Waals surface area contributed by atoms with Gasteiger partial charge in [-0.05, 0) is 56.1 Å². The van der Waals surface area contributed by atoms with E-state index in [0.29, 0.717) is 5.56 Å². The molecule has 1 N–H and O–H groups in total. The number of aryl methyl sites for hydroxylation is 2. The molecule has 1 amide bonds. The van der Waals surface area contributed by atoms with Crippen molar-refractivity contribution in [2.75, 3.05) is 18.9 Å². The second kappa shape index (κ2) is 8.21.